The van der Waals surface area contributed by atoms with Crippen LogP contribution in [0.5, 0.6) is 0 Å². The second-order valence-electron chi connectivity index (χ2n) is 4.66. The highest BCUT2D eigenvalue weighted by atomic mass is 16.6. The molecule has 1 fully saturated rings. The van der Waals surface area contributed by atoms with Crippen molar-refractivity contribution in [2.24, 2.45) is 0 Å². The topological polar surface area (TPSA) is 95.4 Å². The fourth-order valence-electron chi connectivity index (χ4n) is 2.04. The number of aromatic amines is 1. The van der Waals surface area contributed by atoms with E-state index in [0.717, 1.165) is 5.69 Å². The van der Waals surface area contributed by atoms with Gasteiger partial charge in [-0.1, -0.05) is 6.92 Å². The van der Waals surface area contributed by atoms with Crippen molar-refractivity contribution in [1.82, 2.24) is 9.97 Å². The molecule has 1 aromatic rings. The maximum atomic E-state index is 11.5. The van der Waals surface area contributed by atoms with Crippen LogP contribution in [0.1, 0.15) is 31.9 Å². The predicted molar refractivity (Wildman–Crippen MR) is 58.1 cm³/mol. The minimum absolute atomic E-state index is 0.0910. The molecule has 17 heavy (non-hydrogen) atoms. The standard InChI is InChI=1S/C11H16N2O4/c1-6(7-4-12-5-13-7)8-3-11(2,16)9(14)10(15)17-8/h4-6,8,10,15-16H,3H2,1-2H3,(H,12,13)/t6?,8?,10-,11-/m1/s1. The number of carbonyl (C=O) groups is 1. The largest absolute Gasteiger partial charge is 0.382 e. The zero-order valence-electron chi connectivity index (χ0n) is 9.75. The quantitative estimate of drug-likeness (QED) is 0.673. The van der Waals surface area contributed by atoms with Gasteiger partial charge in [-0.05, 0) is 6.92 Å². The third-order valence-electron chi connectivity index (χ3n) is 3.23. The first-order valence-electron chi connectivity index (χ1n) is 5.50. The molecule has 6 heteroatoms. The monoisotopic (exact) mass is 240 g/mol. The summed E-state index contributed by atoms with van der Waals surface area (Å²) in [6, 6.07) is 0. The lowest BCUT2D eigenvalue weighted by Crippen LogP contribution is -2.53. The van der Waals surface area contributed by atoms with Crippen molar-refractivity contribution in [2.45, 2.75) is 44.2 Å². The SMILES string of the molecule is CC(c1cnc[nH]1)C1C[C@@](C)(O)C(=O)[C@H](O)O1. The molecule has 0 aliphatic carbocycles. The summed E-state index contributed by atoms with van der Waals surface area (Å²) >= 11 is 0. The zero-order valence-corrected chi connectivity index (χ0v) is 9.75. The Morgan fingerprint density at radius 3 is 2.94 bits per heavy atom. The normalized spacial score (nSPS) is 35.9. The molecule has 3 N–H and O–H groups in total. The van der Waals surface area contributed by atoms with Crippen molar-refractivity contribution in [1.29, 1.82) is 0 Å². The maximum Gasteiger partial charge on any atom is 0.219 e. The molecule has 0 amide bonds. The lowest BCUT2D eigenvalue weighted by Gasteiger charge is -2.37. The number of ether oxygens (including phenoxy) is 1. The summed E-state index contributed by atoms with van der Waals surface area (Å²) in [6.45, 7) is 3.28. The Bertz CT molecular complexity index is 402. The van der Waals surface area contributed by atoms with Crippen LogP contribution in [0.3, 0.4) is 0 Å². The summed E-state index contributed by atoms with van der Waals surface area (Å²) < 4.78 is 5.22. The van der Waals surface area contributed by atoms with Gasteiger partial charge in [0.1, 0.15) is 5.60 Å². The number of carbonyl (C=O) groups excluding carboxylic acids is 1. The smallest absolute Gasteiger partial charge is 0.219 e. The van der Waals surface area contributed by atoms with E-state index in [9.17, 15) is 15.0 Å². The first kappa shape index (κ1) is 12.2. The number of aliphatic hydroxyl groups excluding tert-OH is 1. The molecular formula is C11H16N2O4. The number of aromatic nitrogens is 2. The average molecular weight is 240 g/mol. The van der Waals surface area contributed by atoms with Crippen molar-refractivity contribution in [2.75, 3.05) is 0 Å². The van der Waals surface area contributed by atoms with Crippen LogP contribution >= 0.6 is 0 Å². The molecule has 2 rings (SSSR count). The molecule has 4 atom stereocenters. The van der Waals surface area contributed by atoms with Gasteiger partial charge in [-0.15, -0.1) is 0 Å². The molecule has 2 heterocycles. The predicted octanol–water partition coefficient (Wildman–Crippen LogP) is -0.0594. The van der Waals surface area contributed by atoms with Gasteiger partial charge in [0.15, 0.2) is 0 Å². The first-order chi connectivity index (χ1) is 7.92. The van der Waals surface area contributed by atoms with E-state index >= 15 is 0 Å². The lowest BCUT2D eigenvalue weighted by atomic mass is 9.85. The summed E-state index contributed by atoms with van der Waals surface area (Å²) in [7, 11) is 0. The van der Waals surface area contributed by atoms with Gasteiger partial charge in [-0.2, -0.15) is 0 Å². The number of hydrogen-bond donors (Lipinski definition) is 3. The Balaban J connectivity index is 2.16. The Kier molecular flexibility index (Phi) is 3.03. The molecule has 6 nitrogen and oxygen atoms in total. The Morgan fingerprint density at radius 1 is 1.71 bits per heavy atom. The fourth-order valence-corrected chi connectivity index (χ4v) is 2.04. The number of ketones is 1. The number of rotatable bonds is 2. The van der Waals surface area contributed by atoms with Crippen LogP contribution in [0, 0.1) is 0 Å². The van der Waals surface area contributed by atoms with E-state index in [1.165, 1.54) is 6.92 Å². The molecule has 0 aromatic carbocycles. The van der Waals surface area contributed by atoms with Gasteiger partial charge in [-0.3, -0.25) is 4.79 Å². The summed E-state index contributed by atoms with van der Waals surface area (Å²) in [4.78, 5) is 18.3. The van der Waals surface area contributed by atoms with E-state index in [4.69, 9.17) is 4.74 Å². The Hall–Kier alpha value is -1.24. The van der Waals surface area contributed by atoms with E-state index in [1.54, 1.807) is 12.5 Å². The molecule has 0 bridgehead atoms. The van der Waals surface area contributed by atoms with Crippen molar-refractivity contribution >= 4 is 5.78 Å². The molecule has 0 saturated carbocycles. The third kappa shape index (κ3) is 2.24. The lowest BCUT2D eigenvalue weighted by molar-refractivity contribution is -0.211. The molecule has 0 radical (unpaired) electrons. The van der Waals surface area contributed by atoms with Gasteiger partial charge in [0.25, 0.3) is 0 Å². The number of aliphatic hydroxyl groups is 2. The van der Waals surface area contributed by atoms with Crippen molar-refractivity contribution in [3.63, 3.8) is 0 Å². The summed E-state index contributed by atoms with van der Waals surface area (Å²) in [6.07, 6.45) is 1.37. The van der Waals surface area contributed by atoms with Gasteiger partial charge in [0.2, 0.25) is 12.1 Å². The van der Waals surface area contributed by atoms with E-state index in [2.05, 4.69) is 9.97 Å². The van der Waals surface area contributed by atoms with Crippen LogP contribution in [0.2, 0.25) is 0 Å². The Morgan fingerprint density at radius 2 is 2.41 bits per heavy atom. The zero-order chi connectivity index (χ0) is 12.6. The Labute approximate surface area is 98.6 Å². The second kappa shape index (κ2) is 4.21. The van der Waals surface area contributed by atoms with Crippen LogP contribution in [0.4, 0.5) is 0 Å². The minimum Gasteiger partial charge on any atom is -0.382 e. The maximum absolute atomic E-state index is 11.5. The summed E-state index contributed by atoms with van der Waals surface area (Å²) in [5.74, 6) is -0.780. The van der Waals surface area contributed by atoms with Gasteiger partial charge < -0.3 is 19.9 Å². The highest BCUT2D eigenvalue weighted by Crippen LogP contribution is 2.32. The second-order valence-corrected chi connectivity index (χ2v) is 4.66. The molecular weight excluding hydrogens is 224 g/mol. The van der Waals surface area contributed by atoms with Crippen LogP contribution in [-0.4, -0.2) is 44.0 Å². The summed E-state index contributed by atoms with van der Waals surface area (Å²) in [5.41, 5.74) is -0.705. The molecule has 1 aliphatic heterocycles. The molecule has 0 spiro atoms. The first-order valence-corrected chi connectivity index (χ1v) is 5.50. The van der Waals surface area contributed by atoms with Crippen molar-refractivity contribution in [3.8, 4) is 0 Å². The van der Waals surface area contributed by atoms with Gasteiger partial charge in [0, 0.05) is 24.2 Å². The minimum atomic E-state index is -1.56. The highest BCUT2D eigenvalue weighted by molar-refractivity contribution is 5.90. The number of Topliss-reactive ketones (excluding diaryl/α,β-unsaturated/α-hetero) is 1. The number of nitrogens with zero attached hydrogens (tertiary/aromatic N) is 1. The van der Waals surface area contributed by atoms with E-state index < -0.39 is 23.8 Å². The highest BCUT2D eigenvalue weighted by Gasteiger charge is 2.45. The third-order valence-corrected chi connectivity index (χ3v) is 3.23. The average Bonchev–Trinajstić information content (AvgIpc) is 2.77. The van der Waals surface area contributed by atoms with E-state index in [1.807, 2.05) is 6.92 Å². The molecule has 94 valence electrons. The van der Waals surface area contributed by atoms with E-state index in [0.29, 0.717) is 0 Å². The summed E-state index contributed by atoms with van der Waals surface area (Å²) in [5, 5.41) is 19.4. The molecule has 1 aliphatic rings. The fraction of sp³-hybridized carbons (Fsp3) is 0.636. The number of imidazole rings is 1. The van der Waals surface area contributed by atoms with Gasteiger partial charge in [-0.25, -0.2) is 4.98 Å². The van der Waals surface area contributed by atoms with Gasteiger partial charge >= 0.3 is 0 Å². The van der Waals surface area contributed by atoms with Gasteiger partial charge in [0.05, 0.1) is 12.4 Å². The van der Waals surface area contributed by atoms with Crippen molar-refractivity contribution < 1.29 is 19.7 Å². The van der Waals surface area contributed by atoms with Crippen LogP contribution < -0.4 is 0 Å². The van der Waals surface area contributed by atoms with E-state index in [-0.39, 0.29) is 12.3 Å². The molecule has 2 unspecified atom stereocenters. The van der Waals surface area contributed by atoms with Crippen LogP contribution in [0.25, 0.3) is 0 Å². The molecule has 1 saturated heterocycles. The number of H-pyrrole nitrogens is 1. The molecule has 1 aromatic heterocycles. The number of hydrogen-bond acceptors (Lipinski definition) is 5. The van der Waals surface area contributed by atoms with Crippen molar-refractivity contribution in [3.05, 3.63) is 18.2 Å². The van der Waals surface area contributed by atoms with Crippen LogP contribution in [0.15, 0.2) is 12.5 Å². The number of nitrogens with one attached hydrogen (secondary N) is 1. The van der Waals surface area contributed by atoms with Crippen LogP contribution in [-0.2, 0) is 9.53 Å².